The normalized spacial score (nSPS) is 34.2. The first-order valence-corrected chi connectivity index (χ1v) is 7.59. The van der Waals surface area contributed by atoms with Crippen LogP contribution in [0.15, 0.2) is 24.3 Å². The van der Waals surface area contributed by atoms with Gasteiger partial charge in [0.2, 0.25) is 0 Å². The number of nitrogens with one attached hydrogen (secondary N) is 1. The number of hydrogen-bond acceptors (Lipinski definition) is 4. The van der Waals surface area contributed by atoms with Crippen LogP contribution in [0.1, 0.15) is 38.2 Å². The minimum atomic E-state index is -0.796. The van der Waals surface area contributed by atoms with Gasteiger partial charge in [-0.05, 0) is 31.5 Å². The van der Waals surface area contributed by atoms with Crippen LogP contribution in [-0.2, 0) is 15.3 Å². The van der Waals surface area contributed by atoms with Crippen molar-refractivity contribution in [2.75, 3.05) is 13.2 Å². The van der Waals surface area contributed by atoms with Gasteiger partial charge in [0.25, 0.3) is 0 Å². The summed E-state index contributed by atoms with van der Waals surface area (Å²) in [7, 11) is 0. The fraction of sp³-hybridized carbons (Fsp3) is 0.625. The molecule has 1 aromatic rings. The fourth-order valence-electron chi connectivity index (χ4n) is 3.24. The van der Waals surface area contributed by atoms with Gasteiger partial charge in [-0.25, -0.2) is 0 Å². The molecule has 0 unspecified atom stereocenters. The topological polar surface area (TPSA) is 50.7 Å². The molecule has 3 rings (SSSR count). The van der Waals surface area contributed by atoms with E-state index in [1.54, 1.807) is 6.07 Å². The summed E-state index contributed by atoms with van der Waals surface area (Å²) in [5.74, 6) is -0.554. The summed E-state index contributed by atoms with van der Waals surface area (Å²) in [6, 6.07) is 7.66. The van der Waals surface area contributed by atoms with E-state index >= 15 is 0 Å². The molecule has 0 aliphatic carbocycles. The lowest BCUT2D eigenvalue weighted by atomic mass is 10.00. The molecular weight excluding hydrogens is 254 g/mol. The molecule has 2 aliphatic rings. The van der Waals surface area contributed by atoms with E-state index in [9.17, 15) is 5.11 Å². The molecule has 0 amide bonds. The van der Waals surface area contributed by atoms with Gasteiger partial charge in [-0.15, -0.1) is 0 Å². The van der Waals surface area contributed by atoms with Crippen LogP contribution in [0.3, 0.4) is 0 Å². The number of ether oxygens (including phenoxy) is 2. The van der Waals surface area contributed by atoms with Crippen LogP contribution in [-0.4, -0.2) is 30.4 Å². The number of benzene rings is 1. The molecule has 0 radical (unpaired) electrons. The Morgan fingerprint density at radius 1 is 1.35 bits per heavy atom. The smallest absolute Gasteiger partial charge is 0.198 e. The minimum Gasteiger partial charge on any atom is -0.507 e. The lowest BCUT2D eigenvalue weighted by Gasteiger charge is -2.31. The molecule has 0 saturated carbocycles. The summed E-state index contributed by atoms with van der Waals surface area (Å²) in [5.41, 5.74) is 0.737. The fourth-order valence-corrected chi connectivity index (χ4v) is 3.24. The lowest BCUT2D eigenvalue weighted by molar-refractivity contribution is -0.183. The summed E-state index contributed by atoms with van der Waals surface area (Å²) in [6.45, 7) is 3.67. The van der Waals surface area contributed by atoms with Crippen LogP contribution in [0.2, 0.25) is 0 Å². The van der Waals surface area contributed by atoms with Gasteiger partial charge in [-0.3, -0.25) is 0 Å². The number of para-hydroxylation sites is 1. The van der Waals surface area contributed by atoms with Crippen LogP contribution in [0.5, 0.6) is 5.75 Å². The maximum atomic E-state index is 10.1. The molecule has 20 heavy (non-hydrogen) atoms. The first-order valence-electron chi connectivity index (χ1n) is 7.59. The van der Waals surface area contributed by atoms with Gasteiger partial charge >= 0.3 is 0 Å². The molecule has 4 heteroatoms. The lowest BCUT2D eigenvalue weighted by Crippen LogP contribution is -2.45. The minimum absolute atomic E-state index is 0.0647. The molecule has 2 aliphatic heterocycles. The zero-order valence-corrected chi connectivity index (χ0v) is 12.0. The highest BCUT2D eigenvalue weighted by Gasteiger charge is 2.45. The summed E-state index contributed by atoms with van der Waals surface area (Å²) in [6.07, 6.45) is 4.37. The van der Waals surface area contributed by atoms with Gasteiger partial charge in [0.15, 0.2) is 5.79 Å². The Morgan fingerprint density at radius 2 is 2.20 bits per heavy atom. The van der Waals surface area contributed by atoms with Gasteiger partial charge < -0.3 is 19.9 Å². The summed E-state index contributed by atoms with van der Waals surface area (Å²) >= 11 is 0. The van der Waals surface area contributed by atoms with Crippen molar-refractivity contribution in [3.05, 3.63) is 29.8 Å². The van der Waals surface area contributed by atoms with Crippen molar-refractivity contribution in [2.24, 2.45) is 0 Å². The van der Waals surface area contributed by atoms with E-state index in [0.717, 1.165) is 18.5 Å². The number of aromatic hydroxyl groups is 1. The summed E-state index contributed by atoms with van der Waals surface area (Å²) in [5, 5.41) is 13.6. The van der Waals surface area contributed by atoms with E-state index in [-0.39, 0.29) is 11.9 Å². The second-order valence-electron chi connectivity index (χ2n) is 5.65. The highest BCUT2D eigenvalue weighted by molar-refractivity contribution is 5.36. The monoisotopic (exact) mass is 277 g/mol. The predicted octanol–water partition coefficient (Wildman–Crippen LogP) is 2.51. The molecule has 2 saturated heterocycles. The van der Waals surface area contributed by atoms with E-state index in [4.69, 9.17) is 9.47 Å². The Kier molecular flexibility index (Phi) is 3.96. The number of phenolic OH excluding ortho intramolecular Hbond substituents is 1. The molecule has 4 nitrogen and oxygen atoms in total. The largest absolute Gasteiger partial charge is 0.507 e. The molecule has 110 valence electrons. The Labute approximate surface area is 120 Å². The van der Waals surface area contributed by atoms with Gasteiger partial charge in [0.1, 0.15) is 11.9 Å². The quantitative estimate of drug-likeness (QED) is 0.891. The van der Waals surface area contributed by atoms with Crippen molar-refractivity contribution in [1.82, 2.24) is 5.32 Å². The van der Waals surface area contributed by atoms with Crippen molar-refractivity contribution in [3.8, 4) is 5.75 Å². The zero-order chi connectivity index (χ0) is 14.0. The molecule has 2 heterocycles. The van der Waals surface area contributed by atoms with Gasteiger partial charge in [-0.1, -0.05) is 25.5 Å². The predicted molar refractivity (Wildman–Crippen MR) is 76.5 cm³/mol. The molecule has 0 aromatic heterocycles. The van der Waals surface area contributed by atoms with Crippen molar-refractivity contribution in [3.63, 3.8) is 0 Å². The second-order valence-corrected chi connectivity index (χ2v) is 5.65. The molecule has 0 bridgehead atoms. The molecule has 2 fully saturated rings. The maximum absolute atomic E-state index is 10.1. The number of piperidine rings is 1. The van der Waals surface area contributed by atoms with Crippen LogP contribution in [0.25, 0.3) is 0 Å². The standard InChI is InChI=1S/C16H23NO3/c1-2-16(12-7-3-4-9-14(12)18)19-11-15(20-16)13-8-5-6-10-17-13/h3-4,7,9,13,15,17-18H,2,5-6,8,10-11H2,1H3/t13-,15+,16-/m0/s1. The highest BCUT2D eigenvalue weighted by atomic mass is 16.7. The summed E-state index contributed by atoms with van der Waals surface area (Å²) in [4.78, 5) is 0. The average Bonchev–Trinajstić information content (AvgIpc) is 2.94. The van der Waals surface area contributed by atoms with Crippen LogP contribution in [0, 0.1) is 0 Å². The maximum Gasteiger partial charge on any atom is 0.198 e. The van der Waals surface area contributed by atoms with Crippen LogP contribution < -0.4 is 5.32 Å². The zero-order valence-electron chi connectivity index (χ0n) is 12.0. The Hall–Kier alpha value is -1.10. The SMILES string of the molecule is CC[C@]1(c2ccccc2O)OC[C@H]([C@@H]2CCCCN2)O1. The first kappa shape index (κ1) is 13.9. The van der Waals surface area contributed by atoms with Gasteiger partial charge in [-0.2, -0.15) is 0 Å². The molecular formula is C16H23NO3. The third-order valence-corrected chi connectivity index (χ3v) is 4.40. The molecule has 3 atom stereocenters. The van der Waals surface area contributed by atoms with E-state index in [1.807, 2.05) is 25.1 Å². The number of hydrogen-bond donors (Lipinski definition) is 2. The van der Waals surface area contributed by atoms with E-state index in [2.05, 4.69) is 5.32 Å². The molecule has 1 aromatic carbocycles. The van der Waals surface area contributed by atoms with Crippen molar-refractivity contribution in [2.45, 2.75) is 50.5 Å². The molecule has 0 spiro atoms. The Balaban J connectivity index is 1.80. The number of phenols is 1. The number of rotatable bonds is 3. The second kappa shape index (κ2) is 5.72. The van der Waals surface area contributed by atoms with Crippen molar-refractivity contribution in [1.29, 1.82) is 0 Å². The van der Waals surface area contributed by atoms with E-state index in [0.29, 0.717) is 19.1 Å². The highest BCUT2D eigenvalue weighted by Crippen LogP contribution is 2.42. The van der Waals surface area contributed by atoms with Crippen molar-refractivity contribution < 1.29 is 14.6 Å². The first-order chi connectivity index (χ1) is 9.75. The van der Waals surface area contributed by atoms with Crippen molar-refractivity contribution >= 4 is 0 Å². The van der Waals surface area contributed by atoms with Crippen LogP contribution >= 0.6 is 0 Å². The Morgan fingerprint density at radius 3 is 2.90 bits per heavy atom. The van der Waals surface area contributed by atoms with Gasteiger partial charge in [0, 0.05) is 12.5 Å². The van der Waals surface area contributed by atoms with Gasteiger partial charge in [0.05, 0.1) is 12.2 Å². The Bertz CT molecular complexity index is 459. The average molecular weight is 277 g/mol. The third-order valence-electron chi connectivity index (χ3n) is 4.40. The summed E-state index contributed by atoms with van der Waals surface area (Å²) < 4.78 is 12.3. The van der Waals surface area contributed by atoms with E-state index in [1.165, 1.54) is 12.8 Å². The molecule has 2 N–H and O–H groups in total. The van der Waals surface area contributed by atoms with E-state index < -0.39 is 5.79 Å². The third kappa shape index (κ3) is 2.43. The van der Waals surface area contributed by atoms with Crippen LogP contribution in [0.4, 0.5) is 0 Å².